The summed E-state index contributed by atoms with van der Waals surface area (Å²) < 4.78 is 11.5. The SMILES string of the molecule is C[C@@H]1CN(Cc2c[nH]c3nccnc23)C[C@H](c2nc(C3CC3)no2)O1. The topological polar surface area (TPSA) is 93.0 Å². The fraction of sp³-hybridized carbons (Fsp3) is 0.529. The Morgan fingerprint density at radius 1 is 1.24 bits per heavy atom. The summed E-state index contributed by atoms with van der Waals surface area (Å²) in [6.45, 7) is 4.44. The Hall–Kier alpha value is -2.32. The molecule has 3 aromatic rings. The van der Waals surface area contributed by atoms with Crippen LogP contribution in [0.15, 0.2) is 23.1 Å². The molecule has 1 aliphatic heterocycles. The highest BCUT2D eigenvalue weighted by Gasteiger charge is 2.34. The van der Waals surface area contributed by atoms with Gasteiger partial charge in [0.15, 0.2) is 11.5 Å². The molecular weight excluding hydrogens is 320 g/mol. The predicted octanol–water partition coefficient (Wildman–Crippen LogP) is 2.18. The van der Waals surface area contributed by atoms with Gasteiger partial charge < -0.3 is 14.2 Å². The average Bonchev–Trinajstić information content (AvgIpc) is 3.21. The molecule has 1 N–H and O–H groups in total. The highest BCUT2D eigenvalue weighted by Crippen LogP contribution is 2.39. The molecule has 4 heterocycles. The van der Waals surface area contributed by atoms with Gasteiger partial charge in [-0.15, -0.1) is 0 Å². The van der Waals surface area contributed by atoms with Crippen molar-refractivity contribution in [3.63, 3.8) is 0 Å². The fourth-order valence-electron chi connectivity index (χ4n) is 3.45. The van der Waals surface area contributed by atoms with E-state index in [4.69, 9.17) is 9.26 Å². The third-order valence-electron chi connectivity index (χ3n) is 4.79. The summed E-state index contributed by atoms with van der Waals surface area (Å²) in [6, 6.07) is 0. The van der Waals surface area contributed by atoms with Gasteiger partial charge in [0, 0.05) is 49.7 Å². The van der Waals surface area contributed by atoms with Crippen molar-refractivity contribution in [3.05, 3.63) is 35.9 Å². The van der Waals surface area contributed by atoms with Crippen LogP contribution in [0.4, 0.5) is 0 Å². The number of aromatic nitrogens is 5. The van der Waals surface area contributed by atoms with E-state index in [1.165, 1.54) is 0 Å². The first-order valence-corrected chi connectivity index (χ1v) is 8.74. The lowest BCUT2D eigenvalue weighted by molar-refractivity contribution is -0.0929. The standard InChI is InChI=1S/C17H20N6O2/c1-10-7-23(8-12-6-20-16-14(12)18-4-5-19-16)9-13(24-10)17-21-15(22-25-17)11-2-3-11/h4-6,10-11,13H,2-3,7-9H2,1H3,(H,19,20)/t10-,13-/m1/s1. The van der Waals surface area contributed by atoms with Crippen LogP contribution in [0.25, 0.3) is 11.2 Å². The number of nitrogens with one attached hydrogen (secondary N) is 1. The molecule has 0 unspecified atom stereocenters. The first kappa shape index (κ1) is 15.0. The van der Waals surface area contributed by atoms with Crippen LogP contribution in [0, 0.1) is 0 Å². The highest BCUT2D eigenvalue weighted by atomic mass is 16.5. The van der Waals surface area contributed by atoms with E-state index in [-0.39, 0.29) is 12.2 Å². The summed E-state index contributed by atoms with van der Waals surface area (Å²) >= 11 is 0. The Labute approximate surface area is 144 Å². The monoisotopic (exact) mass is 340 g/mol. The van der Waals surface area contributed by atoms with Gasteiger partial charge in [0.25, 0.3) is 5.89 Å². The maximum atomic E-state index is 6.05. The molecule has 1 saturated carbocycles. The normalized spacial score (nSPS) is 24.8. The van der Waals surface area contributed by atoms with Gasteiger partial charge >= 0.3 is 0 Å². The number of nitrogens with zero attached hydrogens (tertiary/aromatic N) is 5. The first-order valence-electron chi connectivity index (χ1n) is 8.74. The third kappa shape index (κ3) is 2.91. The number of hydrogen-bond donors (Lipinski definition) is 1. The molecule has 2 aliphatic rings. The number of H-pyrrole nitrogens is 1. The zero-order valence-corrected chi connectivity index (χ0v) is 14.1. The second-order valence-electron chi connectivity index (χ2n) is 6.96. The molecule has 3 aromatic heterocycles. The molecule has 8 heteroatoms. The number of rotatable bonds is 4. The van der Waals surface area contributed by atoms with E-state index in [9.17, 15) is 0 Å². The largest absolute Gasteiger partial charge is 0.363 e. The van der Waals surface area contributed by atoms with Gasteiger partial charge in [-0.25, -0.2) is 4.98 Å². The number of fused-ring (bicyclic) bond motifs is 1. The zero-order chi connectivity index (χ0) is 16.8. The number of aromatic amines is 1. The van der Waals surface area contributed by atoms with Gasteiger partial charge in [-0.3, -0.25) is 9.88 Å². The van der Waals surface area contributed by atoms with Gasteiger partial charge in [0.1, 0.15) is 11.6 Å². The molecule has 1 aliphatic carbocycles. The van der Waals surface area contributed by atoms with Crippen LogP contribution in [0.5, 0.6) is 0 Å². The summed E-state index contributed by atoms with van der Waals surface area (Å²) in [5, 5.41) is 4.11. The van der Waals surface area contributed by atoms with E-state index in [1.54, 1.807) is 12.4 Å². The average molecular weight is 340 g/mol. The minimum Gasteiger partial charge on any atom is -0.363 e. The summed E-state index contributed by atoms with van der Waals surface area (Å²) in [5.41, 5.74) is 2.88. The molecule has 0 spiro atoms. The van der Waals surface area contributed by atoms with Crippen LogP contribution >= 0.6 is 0 Å². The van der Waals surface area contributed by atoms with Crippen molar-refractivity contribution in [1.29, 1.82) is 0 Å². The second kappa shape index (κ2) is 5.89. The molecule has 0 aromatic carbocycles. The maximum Gasteiger partial charge on any atom is 0.257 e. The Morgan fingerprint density at radius 3 is 3.00 bits per heavy atom. The lowest BCUT2D eigenvalue weighted by Crippen LogP contribution is -2.42. The molecular formula is C17H20N6O2. The zero-order valence-electron chi connectivity index (χ0n) is 14.1. The van der Waals surface area contributed by atoms with E-state index in [2.05, 4.69) is 36.9 Å². The van der Waals surface area contributed by atoms with Crippen molar-refractivity contribution in [2.75, 3.05) is 13.1 Å². The molecule has 130 valence electrons. The minimum absolute atomic E-state index is 0.103. The molecule has 0 radical (unpaired) electrons. The summed E-state index contributed by atoms with van der Waals surface area (Å²) in [5.74, 6) is 1.91. The number of hydrogen-bond acceptors (Lipinski definition) is 7. The molecule has 25 heavy (non-hydrogen) atoms. The van der Waals surface area contributed by atoms with E-state index < -0.39 is 0 Å². The van der Waals surface area contributed by atoms with Gasteiger partial charge in [-0.05, 0) is 19.8 Å². The van der Waals surface area contributed by atoms with E-state index in [0.717, 1.165) is 55.0 Å². The summed E-state index contributed by atoms with van der Waals surface area (Å²) in [7, 11) is 0. The van der Waals surface area contributed by atoms with Gasteiger partial charge in [0.05, 0.1) is 6.10 Å². The van der Waals surface area contributed by atoms with Crippen LogP contribution in [0.2, 0.25) is 0 Å². The maximum absolute atomic E-state index is 6.05. The van der Waals surface area contributed by atoms with Crippen molar-refractivity contribution in [2.24, 2.45) is 0 Å². The molecule has 2 fully saturated rings. The molecule has 5 rings (SSSR count). The lowest BCUT2D eigenvalue weighted by atomic mass is 10.2. The first-order chi connectivity index (χ1) is 12.3. The van der Waals surface area contributed by atoms with Crippen molar-refractivity contribution in [1.82, 2.24) is 30.0 Å². The molecule has 1 saturated heterocycles. The highest BCUT2D eigenvalue weighted by molar-refractivity contribution is 5.74. The smallest absolute Gasteiger partial charge is 0.257 e. The van der Waals surface area contributed by atoms with Gasteiger partial charge in [-0.1, -0.05) is 5.16 Å². The third-order valence-corrected chi connectivity index (χ3v) is 4.79. The van der Waals surface area contributed by atoms with Gasteiger partial charge in [0.2, 0.25) is 0 Å². The van der Waals surface area contributed by atoms with Gasteiger partial charge in [-0.2, -0.15) is 4.98 Å². The summed E-state index contributed by atoms with van der Waals surface area (Å²) in [4.78, 5) is 18.8. The van der Waals surface area contributed by atoms with Crippen molar-refractivity contribution >= 4 is 11.2 Å². The van der Waals surface area contributed by atoms with E-state index in [0.29, 0.717) is 11.8 Å². The van der Waals surface area contributed by atoms with Crippen LogP contribution < -0.4 is 0 Å². The van der Waals surface area contributed by atoms with Crippen LogP contribution in [0.1, 0.15) is 49.1 Å². The van der Waals surface area contributed by atoms with Crippen molar-refractivity contribution in [2.45, 2.75) is 44.4 Å². The Kier molecular flexibility index (Phi) is 3.53. The lowest BCUT2D eigenvalue weighted by Gasteiger charge is -2.35. The minimum atomic E-state index is -0.181. The van der Waals surface area contributed by atoms with E-state index in [1.807, 2.05) is 6.20 Å². The number of ether oxygens (including phenoxy) is 1. The fourth-order valence-corrected chi connectivity index (χ4v) is 3.45. The Balaban J connectivity index is 1.34. The predicted molar refractivity (Wildman–Crippen MR) is 88.7 cm³/mol. The Bertz CT molecular complexity index is 886. The quantitative estimate of drug-likeness (QED) is 0.778. The van der Waals surface area contributed by atoms with Crippen LogP contribution in [-0.4, -0.2) is 49.2 Å². The van der Waals surface area contributed by atoms with Crippen molar-refractivity contribution < 1.29 is 9.26 Å². The molecule has 0 amide bonds. The van der Waals surface area contributed by atoms with Crippen molar-refractivity contribution in [3.8, 4) is 0 Å². The number of morpholine rings is 1. The molecule has 0 bridgehead atoms. The van der Waals surface area contributed by atoms with Crippen LogP contribution in [-0.2, 0) is 11.3 Å². The molecule has 2 atom stereocenters. The summed E-state index contributed by atoms with van der Waals surface area (Å²) in [6.07, 6.45) is 7.65. The second-order valence-corrected chi connectivity index (χ2v) is 6.96. The van der Waals surface area contributed by atoms with E-state index >= 15 is 0 Å². The Morgan fingerprint density at radius 2 is 2.12 bits per heavy atom. The molecule has 8 nitrogen and oxygen atoms in total. The van der Waals surface area contributed by atoms with Crippen LogP contribution in [0.3, 0.4) is 0 Å².